The molecule has 48 valence electrons. The van der Waals surface area contributed by atoms with Crippen molar-refractivity contribution in [3.05, 3.63) is 18.6 Å². The lowest BCUT2D eigenvalue weighted by Crippen LogP contribution is -2.00. The molecule has 0 aromatic heterocycles. The molecule has 0 heterocycles. The molecule has 0 amide bonds. The van der Waals surface area contributed by atoms with E-state index in [0.717, 1.165) is 12.8 Å². The molecule has 1 saturated carbocycles. The number of ether oxygens (including phenoxy) is 1. The van der Waals surface area contributed by atoms with Crippen LogP contribution in [0.25, 0.3) is 0 Å². The Hall–Kier alpha value is -1.01. The van der Waals surface area contributed by atoms with E-state index in [0.29, 0.717) is 0 Å². The number of carbonyl (C=O) groups is 1. The van der Waals surface area contributed by atoms with Gasteiger partial charge in [0.05, 0.1) is 5.92 Å². The summed E-state index contributed by atoms with van der Waals surface area (Å²) in [5.41, 5.74) is 2.36. The smallest absolute Gasteiger partial charge is 0.314 e. The Labute approximate surface area is 53.8 Å². The van der Waals surface area contributed by atoms with Crippen LogP contribution in [0.1, 0.15) is 12.8 Å². The van der Waals surface area contributed by atoms with Gasteiger partial charge in [0.15, 0.2) is 0 Å². The second-order valence-corrected chi connectivity index (χ2v) is 2.03. The molecule has 0 radical (unpaired) electrons. The monoisotopic (exact) mass is 124 g/mol. The highest BCUT2D eigenvalue weighted by Gasteiger charge is 2.30. The third kappa shape index (κ3) is 1.74. The first-order valence-electron chi connectivity index (χ1n) is 2.89. The van der Waals surface area contributed by atoms with E-state index in [1.807, 2.05) is 0 Å². The molecule has 2 heteroatoms. The lowest BCUT2D eigenvalue weighted by atomic mass is 10.4. The van der Waals surface area contributed by atoms with Crippen LogP contribution in [0.5, 0.6) is 0 Å². The highest BCUT2D eigenvalue weighted by Crippen LogP contribution is 2.29. The molecule has 1 fully saturated rings. The fraction of sp³-hybridized carbons (Fsp3) is 0.429. The number of hydrogen-bond acceptors (Lipinski definition) is 2. The van der Waals surface area contributed by atoms with E-state index < -0.39 is 0 Å². The first-order chi connectivity index (χ1) is 4.34. The fourth-order valence-electron chi connectivity index (χ4n) is 0.515. The van der Waals surface area contributed by atoms with Gasteiger partial charge in [0.25, 0.3) is 0 Å². The molecule has 1 rings (SSSR count). The lowest BCUT2D eigenvalue weighted by Gasteiger charge is -1.90. The Kier molecular flexibility index (Phi) is 1.71. The van der Waals surface area contributed by atoms with Crippen molar-refractivity contribution >= 4 is 5.97 Å². The summed E-state index contributed by atoms with van der Waals surface area (Å²) < 4.78 is 4.58. The average molecular weight is 124 g/mol. The van der Waals surface area contributed by atoms with Crippen molar-refractivity contribution in [3.8, 4) is 0 Å². The minimum atomic E-state index is -0.147. The van der Waals surface area contributed by atoms with Crippen LogP contribution in [0, 0.1) is 5.92 Å². The molecular weight excluding hydrogens is 116 g/mol. The number of rotatable bonds is 2. The molecule has 1 aliphatic rings. The van der Waals surface area contributed by atoms with Crippen molar-refractivity contribution in [2.45, 2.75) is 12.8 Å². The van der Waals surface area contributed by atoms with Gasteiger partial charge in [-0.3, -0.25) is 4.79 Å². The second kappa shape index (κ2) is 2.51. The summed E-state index contributed by atoms with van der Waals surface area (Å²) in [6.07, 6.45) is 3.15. The molecule has 1 aliphatic carbocycles. The third-order valence-corrected chi connectivity index (χ3v) is 1.17. The quantitative estimate of drug-likeness (QED) is 0.314. The molecule has 9 heavy (non-hydrogen) atoms. The van der Waals surface area contributed by atoms with Gasteiger partial charge in [0, 0.05) is 0 Å². The zero-order valence-corrected chi connectivity index (χ0v) is 5.09. The van der Waals surface area contributed by atoms with E-state index in [9.17, 15) is 4.79 Å². The Balaban J connectivity index is 2.25. The van der Waals surface area contributed by atoms with Crippen LogP contribution in [0.2, 0.25) is 0 Å². The number of carbonyl (C=O) groups excluding carboxylic acids is 1. The second-order valence-electron chi connectivity index (χ2n) is 2.03. The minimum absolute atomic E-state index is 0.147. The molecule has 0 bridgehead atoms. The predicted molar refractivity (Wildman–Crippen MR) is 32.5 cm³/mol. The lowest BCUT2D eigenvalue weighted by molar-refractivity contribution is -0.139. The Morgan fingerprint density at radius 3 is 2.89 bits per heavy atom. The van der Waals surface area contributed by atoms with Crippen molar-refractivity contribution in [1.29, 1.82) is 0 Å². The van der Waals surface area contributed by atoms with Gasteiger partial charge in [-0.15, -0.1) is 0 Å². The predicted octanol–water partition coefficient (Wildman–Crippen LogP) is 1.24. The van der Waals surface area contributed by atoms with Crippen LogP contribution in [0.4, 0.5) is 0 Å². The SMILES string of the molecule is C=C=COC(=O)C1CC1. The van der Waals surface area contributed by atoms with Crippen LogP contribution in [0.15, 0.2) is 18.6 Å². The highest BCUT2D eigenvalue weighted by atomic mass is 16.5. The van der Waals surface area contributed by atoms with E-state index in [2.05, 4.69) is 17.0 Å². The normalized spacial score (nSPS) is 16.0. The van der Waals surface area contributed by atoms with Gasteiger partial charge >= 0.3 is 5.97 Å². The van der Waals surface area contributed by atoms with Crippen molar-refractivity contribution < 1.29 is 9.53 Å². The molecular formula is C7H8O2. The summed E-state index contributed by atoms with van der Waals surface area (Å²) in [7, 11) is 0. The third-order valence-electron chi connectivity index (χ3n) is 1.17. The molecule has 0 spiro atoms. The summed E-state index contributed by atoms with van der Waals surface area (Å²) in [6.45, 7) is 3.25. The van der Waals surface area contributed by atoms with E-state index in [1.165, 1.54) is 6.26 Å². The molecule has 0 aliphatic heterocycles. The van der Waals surface area contributed by atoms with Gasteiger partial charge in [-0.25, -0.2) is 0 Å². The van der Waals surface area contributed by atoms with E-state index >= 15 is 0 Å². The first kappa shape index (κ1) is 6.12. The highest BCUT2D eigenvalue weighted by molar-refractivity contribution is 5.75. The zero-order valence-electron chi connectivity index (χ0n) is 5.09. The van der Waals surface area contributed by atoms with Gasteiger partial charge in [-0.1, -0.05) is 12.3 Å². The Morgan fingerprint density at radius 2 is 2.44 bits per heavy atom. The number of hydrogen-bond donors (Lipinski definition) is 0. The molecule has 0 aromatic rings. The average Bonchev–Trinajstić information content (AvgIpc) is 2.63. The van der Waals surface area contributed by atoms with E-state index in [1.54, 1.807) is 0 Å². The van der Waals surface area contributed by atoms with Crippen molar-refractivity contribution in [1.82, 2.24) is 0 Å². The van der Waals surface area contributed by atoms with Gasteiger partial charge in [0.2, 0.25) is 0 Å². The molecule has 0 aromatic carbocycles. The topological polar surface area (TPSA) is 26.3 Å². The summed E-state index contributed by atoms with van der Waals surface area (Å²) in [5, 5.41) is 0. The van der Waals surface area contributed by atoms with Gasteiger partial charge < -0.3 is 4.74 Å². The standard InChI is InChI=1S/C7H8O2/c1-2-5-9-7(8)6-3-4-6/h5-6H,1,3-4H2. The van der Waals surface area contributed by atoms with Crippen LogP contribution in [0.3, 0.4) is 0 Å². The van der Waals surface area contributed by atoms with Gasteiger partial charge in [0.1, 0.15) is 6.26 Å². The Bertz CT molecular complexity index is 162. The molecule has 0 atom stereocenters. The van der Waals surface area contributed by atoms with Crippen LogP contribution >= 0.6 is 0 Å². The zero-order chi connectivity index (χ0) is 6.69. The first-order valence-corrected chi connectivity index (χ1v) is 2.89. The van der Waals surface area contributed by atoms with Gasteiger partial charge in [-0.2, -0.15) is 0 Å². The summed E-state index contributed by atoms with van der Waals surface area (Å²) >= 11 is 0. The molecule has 0 N–H and O–H groups in total. The summed E-state index contributed by atoms with van der Waals surface area (Å²) in [4.78, 5) is 10.6. The minimum Gasteiger partial charge on any atom is -0.426 e. The maximum Gasteiger partial charge on any atom is 0.314 e. The van der Waals surface area contributed by atoms with Crippen LogP contribution < -0.4 is 0 Å². The maximum atomic E-state index is 10.6. The van der Waals surface area contributed by atoms with E-state index in [-0.39, 0.29) is 11.9 Å². The van der Waals surface area contributed by atoms with Crippen LogP contribution in [-0.4, -0.2) is 5.97 Å². The maximum absolute atomic E-state index is 10.6. The van der Waals surface area contributed by atoms with Crippen LogP contribution in [-0.2, 0) is 9.53 Å². The van der Waals surface area contributed by atoms with Crippen molar-refractivity contribution in [2.75, 3.05) is 0 Å². The number of esters is 1. The summed E-state index contributed by atoms with van der Waals surface area (Å²) in [6, 6.07) is 0. The largest absolute Gasteiger partial charge is 0.426 e. The molecule has 0 saturated heterocycles. The fourth-order valence-corrected chi connectivity index (χ4v) is 0.515. The Morgan fingerprint density at radius 1 is 1.78 bits per heavy atom. The summed E-state index contributed by atoms with van der Waals surface area (Å²) in [5.74, 6) is 0.0146. The molecule has 0 unspecified atom stereocenters. The molecule has 2 nitrogen and oxygen atoms in total. The van der Waals surface area contributed by atoms with Gasteiger partial charge in [-0.05, 0) is 12.8 Å². The van der Waals surface area contributed by atoms with Crippen molar-refractivity contribution in [3.63, 3.8) is 0 Å². The van der Waals surface area contributed by atoms with E-state index in [4.69, 9.17) is 0 Å². The van der Waals surface area contributed by atoms with Crippen molar-refractivity contribution in [2.24, 2.45) is 5.92 Å².